The second-order valence-corrected chi connectivity index (χ2v) is 5.48. The van der Waals surface area contributed by atoms with E-state index in [1.807, 2.05) is 0 Å². The van der Waals surface area contributed by atoms with Gasteiger partial charge in [0.15, 0.2) is 12.5 Å². The van der Waals surface area contributed by atoms with Crippen molar-refractivity contribution >= 4 is 23.8 Å². The van der Waals surface area contributed by atoms with Crippen LogP contribution in [0, 0.1) is 0 Å². The fraction of sp³-hybridized carbons (Fsp3) is 0.714. The standard InChI is InChI=1S/C12H20N2O2.C2H2O4/c15-11-6-5-9-14(11)12(16)10-13-7-3-1-2-4-8-13;3-1(4)2(5)6/h1-10H2;(H,3,4)(H,5,6). The molecular formula is C14H22N2O6. The highest BCUT2D eigenvalue weighted by Crippen LogP contribution is 2.08. The Balaban J connectivity index is 0.000000346. The Labute approximate surface area is 128 Å². The van der Waals surface area contributed by atoms with Gasteiger partial charge in [-0.15, -0.1) is 0 Å². The number of carbonyl (C=O) groups excluding carboxylic acids is 3. The van der Waals surface area contributed by atoms with Gasteiger partial charge in [0.25, 0.3) is 5.91 Å². The maximum atomic E-state index is 11.9. The smallest absolute Gasteiger partial charge is 0.351 e. The number of imide groups is 1. The molecule has 0 spiro atoms. The third-order valence-electron chi connectivity index (χ3n) is 3.76. The summed E-state index contributed by atoms with van der Waals surface area (Å²) in [5.41, 5.74) is 0. The molecule has 2 aliphatic heterocycles. The van der Waals surface area contributed by atoms with Crippen molar-refractivity contribution in [1.29, 1.82) is 0 Å². The van der Waals surface area contributed by atoms with Crippen LogP contribution in [-0.2, 0) is 19.2 Å². The molecule has 0 unspecified atom stereocenters. The molecule has 0 radical (unpaired) electrons. The van der Waals surface area contributed by atoms with Crippen molar-refractivity contribution in [3.63, 3.8) is 0 Å². The topological polar surface area (TPSA) is 119 Å². The molecular weight excluding hydrogens is 292 g/mol. The summed E-state index contributed by atoms with van der Waals surface area (Å²) < 4.78 is 0. The summed E-state index contributed by atoms with van der Waals surface area (Å²) in [6.45, 7) is 3.35. The molecule has 8 nitrogen and oxygen atoms in total. The number of hydrogen-bond acceptors (Lipinski definition) is 5. The number of carbonyl (C=O) groups is 4. The number of likely N-dealkylation sites (tertiary alicyclic amines) is 2. The third kappa shape index (κ3) is 6.21. The highest BCUT2D eigenvalue weighted by Gasteiger charge is 2.29. The monoisotopic (exact) mass is 314 g/mol. The van der Waals surface area contributed by atoms with E-state index < -0.39 is 11.9 Å². The molecule has 0 aromatic carbocycles. The average Bonchev–Trinajstić information content (AvgIpc) is 2.72. The van der Waals surface area contributed by atoms with Gasteiger partial charge in [0, 0.05) is 13.0 Å². The van der Waals surface area contributed by atoms with E-state index in [2.05, 4.69) is 0 Å². The number of carboxylic acid groups (broad SMARTS) is 2. The first-order valence-electron chi connectivity index (χ1n) is 7.53. The van der Waals surface area contributed by atoms with Gasteiger partial charge in [-0.1, -0.05) is 0 Å². The summed E-state index contributed by atoms with van der Waals surface area (Å²) in [5, 5.41) is 16.3. The van der Waals surface area contributed by atoms with E-state index in [1.54, 1.807) is 0 Å². The second-order valence-electron chi connectivity index (χ2n) is 5.48. The second kappa shape index (κ2) is 9.14. The third-order valence-corrected chi connectivity index (χ3v) is 3.76. The Morgan fingerprint density at radius 2 is 1.64 bits per heavy atom. The summed E-state index contributed by atoms with van der Waals surface area (Å²) in [6.07, 6.45) is 6.43. The lowest BCUT2D eigenvalue weighted by molar-refractivity contribution is -0.891. The number of rotatable bonds is 2. The van der Waals surface area contributed by atoms with Crippen molar-refractivity contribution in [2.75, 3.05) is 26.2 Å². The molecule has 0 aromatic heterocycles. The SMILES string of the molecule is O=C([O-])C(=O)O.O=C1CCCN1C(=O)C[NH+]1CCCCCC1. The van der Waals surface area contributed by atoms with Crippen LogP contribution in [0.4, 0.5) is 0 Å². The van der Waals surface area contributed by atoms with Gasteiger partial charge in [0.1, 0.15) is 0 Å². The lowest BCUT2D eigenvalue weighted by Gasteiger charge is -2.19. The molecule has 2 saturated heterocycles. The van der Waals surface area contributed by atoms with Crippen LogP contribution in [0.3, 0.4) is 0 Å². The minimum absolute atomic E-state index is 0.0271. The minimum Gasteiger partial charge on any atom is -0.539 e. The lowest BCUT2D eigenvalue weighted by Crippen LogP contribution is -3.13. The summed E-state index contributed by atoms with van der Waals surface area (Å²) in [5.74, 6) is -3.94. The molecule has 0 atom stereocenters. The maximum Gasteiger partial charge on any atom is 0.351 e. The predicted octanol–water partition coefficient (Wildman–Crippen LogP) is -2.58. The van der Waals surface area contributed by atoms with E-state index in [1.165, 1.54) is 35.5 Å². The summed E-state index contributed by atoms with van der Waals surface area (Å²) in [6, 6.07) is 0. The number of hydrogen-bond donors (Lipinski definition) is 2. The van der Waals surface area contributed by atoms with Crippen LogP contribution in [0.2, 0.25) is 0 Å². The molecule has 2 amide bonds. The molecule has 22 heavy (non-hydrogen) atoms. The number of quaternary nitrogens is 1. The Morgan fingerprint density at radius 1 is 1.09 bits per heavy atom. The zero-order chi connectivity index (χ0) is 16.5. The van der Waals surface area contributed by atoms with E-state index in [-0.39, 0.29) is 11.8 Å². The van der Waals surface area contributed by atoms with Gasteiger partial charge in [-0.05, 0) is 32.1 Å². The van der Waals surface area contributed by atoms with Gasteiger partial charge in [0.2, 0.25) is 5.91 Å². The van der Waals surface area contributed by atoms with E-state index >= 15 is 0 Å². The Bertz CT molecular complexity index is 417. The zero-order valence-corrected chi connectivity index (χ0v) is 12.5. The van der Waals surface area contributed by atoms with Crippen molar-refractivity contribution in [3.05, 3.63) is 0 Å². The predicted molar refractivity (Wildman–Crippen MR) is 72.6 cm³/mol. The summed E-state index contributed by atoms with van der Waals surface area (Å²) in [7, 11) is 0. The van der Waals surface area contributed by atoms with E-state index in [0.29, 0.717) is 19.5 Å². The number of carboxylic acids is 2. The fourth-order valence-electron chi connectivity index (χ4n) is 2.63. The molecule has 2 fully saturated rings. The lowest BCUT2D eigenvalue weighted by atomic mass is 10.2. The number of aliphatic carboxylic acids is 2. The molecule has 124 valence electrons. The van der Waals surface area contributed by atoms with Gasteiger partial charge in [-0.2, -0.15) is 0 Å². The summed E-state index contributed by atoms with van der Waals surface area (Å²) in [4.78, 5) is 44.2. The van der Waals surface area contributed by atoms with Crippen LogP contribution in [0.5, 0.6) is 0 Å². The Morgan fingerprint density at radius 3 is 2.05 bits per heavy atom. The van der Waals surface area contributed by atoms with Crippen molar-refractivity contribution in [2.45, 2.75) is 38.5 Å². The van der Waals surface area contributed by atoms with Crippen LogP contribution in [0.25, 0.3) is 0 Å². The van der Waals surface area contributed by atoms with Crippen LogP contribution in [0.15, 0.2) is 0 Å². The molecule has 2 heterocycles. The van der Waals surface area contributed by atoms with Gasteiger partial charge in [-0.25, -0.2) is 4.79 Å². The minimum atomic E-state index is -2.07. The van der Waals surface area contributed by atoms with E-state index in [0.717, 1.165) is 19.5 Å². The van der Waals surface area contributed by atoms with Gasteiger partial charge >= 0.3 is 5.97 Å². The molecule has 2 rings (SSSR count). The normalized spacial score (nSPS) is 19.1. The van der Waals surface area contributed by atoms with Gasteiger partial charge in [-0.3, -0.25) is 14.5 Å². The van der Waals surface area contributed by atoms with Gasteiger partial charge in [0.05, 0.1) is 13.1 Å². The molecule has 2 N–H and O–H groups in total. The van der Waals surface area contributed by atoms with Gasteiger partial charge < -0.3 is 19.9 Å². The number of amides is 2. The largest absolute Gasteiger partial charge is 0.539 e. The molecule has 2 aliphatic rings. The van der Waals surface area contributed by atoms with Crippen LogP contribution in [-0.4, -0.2) is 59.9 Å². The molecule has 0 aromatic rings. The van der Waals surface area contributed by atoms with E-state index in [4.69, 9.17) is 19.8 Å². The quantitative estimate of drug-likeness (QED) is 0.540. The fourth-order valence-corrected chi connectivity index (χ4v) is 2.63. The average molecular weight is 314 g/mol. The Hall–Kier alpha value is -1.96. The summed E-state index contributed by atoms with van der Waals surface area (Å²) >= 11 is 0. The first-order valence-corrected chi connectivity index (χ1v) is 7.53. The molecule has 0 saturated carbocycles. The first kappa shape index (κ1) is 18.1. The van der Waals surface area contributed by atoms with Crippen molar-refractivity contribution in [2.24, 2.45) is 0 Å². The molecule has 8 heteroatoms. The number of nitrogens with zero attached hydrogens (tertiary/aromatic N) is 1. The zero-order valence-electron chi connectivity index (χ0n) is 12.5. The highest BCUT2D eigenvalue weighted by atomic mass is 16.4. The first-order chi connectivity index (χ1) is 10.4. The highest BCUT2D eigenvalue weighted by molar-refractivity contribution is 6.26. The van der Waals surface area contributed by atoms with E-state index in [9.17, 15) is 9.59 Å². The maximum absolute atomic E-state index is 11.9. The van der Waals surface area contributed by atoms with Crippen molar-refractivity contribution in [3.8, 4) is 0 Å². The van der Waals surface area contributed by atoms with Crippen LogP contribution >= 0.6 is 0 Å². The van der Waals surface area contributed by atoms with Crippen molar-refractivity contribution in [1.82, 2.24) is 4.90 Å². The molecule has 0 aliphatic carbocycles. The van der Waals surface area contributed by atoms with Crippen molar-refractivity contribution < 1.29 is 34.3 Å². The Kier molecular flexibility index (Phi) is 7.51. The van der Waals surface area contributed by atoms with Crippen LogP contribution < -0.4 is 10.0 Å². The number of nitrogens with one attached hydrogen (secondary N) is 1. The van der Waals surface area contributed by atoms with Crippen LogP contribution in [0.1, 0.15) is 38.5 Å². The molecule has 0 bridgehead atoms.